The third-order valence-electron chi connectivity index (χ3n) is 4.62. The predicted octanol–water partition coefficient (Wildman–Crippen LogP) is 5.00. The molecule has 4 rings (SSSR count). The zero-order chi connectivity index (χ0) is 20.9. The van der Waals surface area contributed by atoms with Crippen LogP contribution >= 0.6 is 0 Å². The van der Waals surface area contributed by atoms with Gasteiger partial charge in [-0.3, -0.25) is 9.48 Å². The number of halogens is 1. The van der Waals surface area contributed by atoms with Crippen molar-refractivity contribution in [1.29, 1.82) is 0 Å². The number of carbonyl (C=O) groups is 1. The van der Waals surface area contributed by atoms with Crippen molar-refractivity contribution in [2.45, 2.75) is 6.54 Å². The number of methoxy groups -OCH3 is 1. The van der Waals surface area contributed by atoms with Gasteiger partial charge >= 0.3 is 0 Å². The van der Waals surface area contributed by atoms with Crippen molar-refractivity contribution in [3.05, 3.63) is 102 Å². The van der Waals surface area contributed by atoms with Gasteiger partial charge in [0.2, 0.25) is 0 Å². The van der Waals surface area contributed by atoms with Crippen LogP contribution in [0.5, 0.6) is 5.75 Å². The molecule has 0 fully saturated rings. The van der Waals surface area contributed by atoms with Crippen LogP contribution in [0.25, 0.3) is 11.3 Å². The number of amides is 1. The molecule has 6 heteroatoms. The summed E-state index contributed by atoms with van der Waals surface area (Å²) in [5.74, 6) is -0.111. The average Bonchev–Trinajstić information content (AvgIpc) is 3.18. The van der Waals surface area contributed by atoms with Crippen LogP contribution in [-0.4, -0.2) is 22.8 Å². The summed E-state index contributed by atoms with van der Waals surface area (Å²) in [6.45, 7) is 0.519. The summed E-state index contributed by atoms with van der Waals surface area (Å²) in [5, 5.41) is 7.41. The zero-order valence-electron chi connectivity index (χ0n) is 16.4. The zero-order valence-corrected chi connectivity index (χ0v) is 16.4. The lowest BCUT2D eigenvalue weighted by atomic mass is 10.1. The van der Waals surface area contributed by atoms with E-state index in [-0.39, 0.29) is 5.91 Å². The van der Waals surface area contributed by atoms with Crippen molar-refractivity contribution in [3.63, 3.8) is 0 Å². The highest BCUT2D eigenvalue weighted by atomic mass is 19.1. The molecule has 3 aromatic carbocycles. The molecule has 0 unspecified atom stereocenters. The number of nitrogens with one attached hydrogen (secondary N) is 1. The van der Waals surface area contributed by atoms with E-state index in [0.717, 1.165) is 11.1 Å². The number of carbonyl (C=O) groups excluding carboxylic acids is 1. The van der Waals surface area contributed by atoms with E-state index in [1.54, 1.807) is 30.1 Å². The van der Waals surface area contributed by atoms with Gasteiger partial charge in [-0.15, -0.1) is 0 Å². The minimum atomic E-state index is -0.416. The molecule has 0 radical (unpaired) electrons. The molecule has 1 heterocycles. The fraction of sp³-hybridized carbons (Fsp3) is 0.0833. The van der Waals surface area contributed by atoms with Gasteiger partial charge in [0.25, 0.3) is 5.91 Å². The van der Waals surface area contributed by atoms with Gasteiger partial charge in [0.05, 0.1) is 19.2 Å². The first-order valence-corrected chi connectivity index (χ1v) is 9.45. The maximum atomic E-state index is 13.5. The van der Waals surface area contributed by atoms with Crippen LogP contribution in [0.4, 0.5) is 10.1 Å². The first-order valence-electron chi connectivity index (χ1n) is 9.45. The van der Waals surface area contributed by atoms with Gasteiger partial charge in [-0.1, -0.05) is 48.5 Å². The third-order valence-corrected chi connectivity index (χ3v) is 4.62. The Balaban J connectivity index is 1.71. The summed E-state index contributed by atoms with van der Waals surface area (Å²) in [6.07, 6.45) is 1.70. The van der Waals surface area contributed by atoms with E-state index in [1.807, 2.05) is 54.6 Å². The maximum absolute atomic E-state index is 13.5. The first-order chi connectivity index (χ1) is 14.6. The molecule has 0 spiro atoms. The molecule has 5 nitrogen and oxygen atoms in total. The van der Waals surface area contributed by atoms with Gasteiger partial charge in [-0.25, -0.2) is 4.39 Å². The van der Waals surface area contributed by atoms with Crippen LogP contribution in [-0.2, 0) is 6.54 Å². The number of hydrogen-bond acceptors (Lipinski definition) is 3. The van der Waals surface area contributed by atoms with Crippen molar-refractivity contribution < 1.29 is 13.9 Å². The van der Waals surface area contributed by atoms with E-state index < -0.39 is 5.82 Å². The lowest BCUT2D eigenvalue weighted by Crippen LogP contribution is -2.12. The number of ether oxygens (including phenoxy) is 1. The number of hydrogen-bond donors (Lipinski definition) is 1. The van der Waals surface area contributed by atoms with E-state index >= 15 is 0 Å². The van der Waals surface area contributed by atoms with Crippen molar-refractivity contribution in [2.75, 3.05) is 12.4 Å². The Bertz CT molecular complexity index is 1170. The van der Waals surface area contributed by atoms with Gasteiger partial charge in [0.1, 0.15) is 17.3 Å². The number of rotatable bonds is 6. The molecule has 0 saturated carbocycles. The van der Waals surface area contributed by atoms with Gasteiger partial charge < -0.3 is 10.1 Å². The molecular weight excluding hydrogens is 381 g/mol. The highest BCUT2D eigenvalue weighted by Gasteiger charge is 2.19. The normalized spacial score (nSPS) is 10.6. The van der Waals surface area contributed by atoms with Crippen molar-refractivity contribution in [3.8, 4) is 17.0 Å². The largest absolute Gasteiger partial charge is 0.497 e. The lowest BCUT2D eigenvalue weighted by Gasteiger charge is -2.06. The van der Waals surface area contributed by atoms with Crippen LogP contribution in [0.2, 0.25) is 0 Å². The molecule has 1 N–H and O–H groups in total. The van der Waals surface area contributed by atoms with E-state index in [4.69, 9.17) is 4.74 Å². The second kappa shape index (κ2) is 8.61. The molecular formula is C24H20FN3O2. The molecule has 1 aromatic heterocycles. The quantitative estimate of drug-likeness (QED) is 0.495. The summed E-state index contributed by atoms with van der Waals surface area (Å²) in [6, 6.07) is 23.0. The van der Waals surface area contributed by atoms with Crippen molar-refractivity contribution in [1.82, 2.24) is 9.78 Å². The highest BCUT2D eigenvalue weighted by Crippen LogP contribution is 2.27. The molecule has 1 amide bonds. The smallest absolute Gasteiger partial charge is 0.259 e. The van der Waals surface area contributed by atoms with Gasteiger partial charge in [0.15, 0.2) is 0 Å². The fourth-order valence-corrected chi connectivity index (χ4v) is 3.19. The fourth-order valence-electron chi connectivity index (χ4n) is 3.19. The maximum Gasteiger partial charge on any atom is 0.259 e. The number of benzene rings is 3. The molecule has 0 aliphatic carbocycles. The molecule has 0 aliphatic rings. The Hall–Kier alpha value is -3.93. The van der Waals surface area contributed by atoms with E-state index in [0.29, 0.717) is 29.2 Å². The van der Waals surface area contributed by atoms with Crippen LogP contribution in [0.3, 0.4) is 0 Å². The lowest BCUT2D eigenvalue weighted by molar-refractivity contribution is 0.102. The molecule has 4 aromatic rings. The van der Waals surface area contributed by atoms with E-state index in [9.17, 15) is 9.18 Å². The van der Waals surface area contributed by atoms with Crippen LogP contribution < -0.4 is 10.1 Å². The van der Waals surface area contributed by atoms with Gasteiger partial charge in [-0.2, -0.15) is 5.10 Å². The monoisotopic (exact) mass is 401 g/mol. The standard InChI is InChI=1S/C24H20FN3O2/c1-30-21-12-5-9-18(13-21)23-22(24(29)26-20-11-6-10-19(25)14-20)16-28(27-23)15-17-7-3-2-4-8-17/h2-14,16H,15H2,1H3,(H,26,29). The summed E-state index contributed by atoms with van der Waals surface area (Å²) in [4.78, 5) is 13.0. The minimum Gasteiger partial charge on any atom is -0.497 e. The Kier molecular flexibility index (Phi) is 5.57. The average molecular weight is 401 g/mol. The second-order valence-electron chi connectivity index (χ2n) is 6.77. The second-order valence-corrected chi connectivity index (χ2v) is 6.77. The van der Waals surface area contributed by atoms with Gasteiger partial charge in [0, 0.05) is 17.4 Å². The van der Waals surface area contributed by atoms with Gasteiger partial charge in [-0.05, 0) is 35.9 Å². The molecule has 0 atom stereocenters. The topological polar surface area (TPSA) is 56.2 Å². The minimum absolute atomic E-state index is 0.363. The highest BCUT2D eigenvalue weighted by molar-refractivity contribution is 6.08. The van der Waals surface area contributed by atoms with Crippen molar-refractivity contribution in [2.24, 2.45) is 0 Å². The summed E-state index contributed by atoms with van der Waals surface area (Å²) in [5.41, 5.74) is 3.12. The predicted molar refractivity (Wildman–Crippen MR) is 114 cm³/mol. The first kappa shape index (κ1) is 19.4. The van der Waals surface area contributed by atoms with E-state index in [2.05, 4.69) is 10.4 Å². The number of nitrogens with zero attached hydrogens (tertiary/aromatic N) is 2. The summed E-state index contributed by atoms with van der Waals surface area (Å²) >= 11 is 0. The third kappa shape index (κ3) is 4.38. The number of aromatic nitrogens is 2. The van der Waals surface area contributed by atoms with E-state index in [1.165, 1.54) is 12.1 Å². The molecule has 0 bridgehead atoms. The Morgan fingerprint density at radius 2 is 1.83 bits per heavy atom. The Labute approximate surface area is 173 Å². The van der Waals surface area contributed by atoms with Crippen molar-refractivity contribution >= 4 is 11.6 Å². The molecule has 0 saturated heterocycles. The molecule has 0 aliphatic heterocycles. The van der Waals surface area contributed by atoms with Crippen LogP contribution in [0, 0.1) is 5.82 Å². The molecule has 30 heavy (non-hydrogen) atoms. The van der Waals surface area contributed by atoms with Crippen LogP contribution in [0.1, 0.15) is 15.9 Å². The Morgan fingerprint density at radius 3 is 2.60 bits per heavy atom. The number of anilines is 1. The summed E-state index contributed by atoms with van der Waals surface area (Å²) in [7, 11) is 1.59. The van der Waals surface area contributed by atoms with Crippen LogP contribution in [0.15, 0.2) is 85.1 Å². The molecule has 150 valence electrons. The Morgan fingerprint density at radius 1 is 1.03 bits per heavy atom. The SMILES string of the molecule is COc1cccc(-c2nn(Cc3ccccc3)cc2C(=O)Nc2cccc(F)c2)c1. The summed E-state index contributed by atoms with van der Waals surface area (Å²) < 4.78 is 20.6.